The molecular formula is C12H21NO. The fourth-order valence-electron chi connectivity index (χ4n) is 2.39. The first kappa shape index (κ1) is 10.2. The Morgan fingerprint density at radius 1 is 1.43 bits per heavy atom. The molecule has 3 atom stereocenters. The zero-order chi connectivity index (χ0) is 10.2. The van der Waals surface area contributed by atoms with Crippen LogP contribution < -0.4 is 5.32 Å². The van der Waals surface area contributed by atoms with E-state index < -0.39 is 0 Å². The van der Waals surface area contributed by atoms with Gasteiger partial charge in [-0.05, 0) is 25.7 Å². The molecule has 80 valence electrons. The highest BCUT2D eigenvalue weighted by Crippen LogP contribution is 2.40. The molecule has 14 heavy (non-hydrogen) atoms. The van der Waals surface area contributed by atoms with Crippen molar-refractivity contribution < 1.29 is 5.11 Å². The van der Waals surface area contributed by atoms with Crippen LogP contribution in [0.25, 0.3) is 0 Å². The number of nitrogens with one attached hydrogen (secondary N) is 1. The van der Waals surface area contributed by atoms with Gasteiger partial charge < -0.3 is 10.4 Å². The second-order valence-electron chi connectivity index (χ2n) is 5.26. The number of aliphatic hydroxyl groups excluding tert-OH is 1. The zero-order valence-corrected chi connectivity index (χ0v) is 9.16. The molecule has 1 fully saturated rings. The lowest BCUT2D eigenvalue weighted by molar-refractivity contribution is -0.0747. The summed E-state index contributed by atoms with van der Waals surface area (Å²) >= 11 is 0. The molecule has 0 radical (unpaired) electrons. The van der Waals surface area contributed by atoms with Crippen molar-refractivity contribution in [1.82, 2.24) is 5.32 Å². The molecule has 0 heterocycles. The van der Waals surface area contributed by atoms with Crippen molar-refractivity contribution in [2.24, 2.45) is 5.41 Å². The summed E-state index contributed by atoms with van der Waals surface area (Å²) in [6, 6.07) is 1.03. The van der Waals surface area contributed by atoms with Crippen LogP contribution in [-0.2, 0) is 0 Å². The summed E-state index contributed by atoms with van der Waals surface area (Å²) in [6.07, 6.45) is 9.12. The average molecular weight is 195 g/mol. The summed E-state index contributed by atoms with van der Waals surface area (Å²) in [5.74, 6) is 0. The van der Waals surface area contributed by atoms with Gasteiger partial charge >= 0.3 is 0 Å². The molecule has 2 heteroatoms. The van der Waals surface area contributed by atoms with Crippen molar-refractivity contribution in [3.63, 3.8) is 0 Å². The van der Waals surface area contributed by atoms with Crippen LogP contribution in [0.15, 0.2) is 12.2 Å². The highest BCUT2D eigenvalue weighted by Gasteiger charge is 2.47. The molecule has 0 aromatic carbocycles. The van der Waals surface area contributed by atoms with Gasteiger partial charge in [-0.3, -0.25) is 0 Å². The summed E-state index contributed by atoms with van der Waals surface area (Å²) in [7, 11) is 0. The van der Waals surface area contributed by atoms with Gasteiger partial charge in [0.15, 0.2) is 0 Å². The van der Waals surface area contributed by atoms with E-state index in [2.05, 4.69) is 31.3 Å². The molecule has 2 N–H and O–H groups in total. The van der Waals surface area contributed by atoms with Crippen molar-refractivity contribution in [3.05, 3.63) is 12.2 Å². The van der Waals surface area contributed by atoms with Crippen LogP contribution in [0.2, 0.25) is 0 Å². The minimum absolute atomic E-state index is 0.0608. The maximum absolute atomic E-state index is 9.62. The van der Waals surface area contributed by atoms with E-state index in [0.717, 1.165) is 6.42 Å². The highest BCUT2D eigenvalue weighted by atomic mass is 16.3. The number of allylic oxidation sites excluding steroid dienone is 1. The van der Waals surface area contributed by atoms with Gasteiger partial charge in [0, 0.05) is 17.5 Å². The molecule has 2 aliphatic rings. The Morgan fingerprint density at radius 2 is 2.21 bits per heavy atom. The minimum atomic E-state index is -0.118. The fraction of sp³-hybridized carbons (Fsp3) is 0.833. The Hall–Kier alpha value is -0.340. The normalized spacial score (nSPS) is 40.6. The Kier molecular flexibility index (Phi) is 2.67. The van der Waals surface area contributed by atoms with Crippen molar-refractivity contribution in [3.8, 4) is 0 Å². The summed E-state index contributed by atoms with van der Waals surface area (Å²) < 4.78 is 0. The van der Waals surface area contributed by atoms with E-state index >= 15 is 0 Å². The number of hydrogen-bond donors (Lipinski definition) is 2. The molecule has 2 nitrogen and oxygen atoms in total. The molecule has 2 rings (SSSR count). The zero-order valence-electron chi connectivity index (χ0n) is 9.16. The van der Waals surface area contributed by atoms with E-state index in [9.17, 15) is 5.11 Å². The van der Waals surface area contributed by atoms with Crippen LogP contribution in [0.1, 0.15) is 39.5 Å². The minimum Gasteiger partial charge on any atom is -0.392 e. The van der Waals surface area contributed by atoms with E-state index in [1.807, 2.05) is 0 Å². The second-order valence-corrected chi connectivity index (χ2v) is 5.26. The van der Waals surface area contributed by atoms with E-state index in [4.69, 9.17) is 0 Å². The molecule has 0 aliphatic heterocycles. The quantitative estimate of drug-likeness (QED) is 0.659. The largest absolute Gasteiger partial charge is 0.392 e. The van der Waals surface area contributed by atoms with Crippen molar-refractivity contribution in [1.29, 1.82) is 0 Å². The van der Waals surface area contributed by atoms with Crippen LogP contribution >= 0.6 is 0 Å². The molecule has 0 amide bonds. The molecular weight excluding hydrogens is 174 g/mol. The molecule has 0 saturated heterocycles. The van der Waals surface area contributed by atoms with Gasteiger partial charge in [-0.25, -0.2) is 0 Å². The van der Waals surface area contributed by atoms with Gasteiger partial charge in [-0.2, -0.15) is 0 Å². The van der Waals surface area contributed by atoms with Crippen molar-refractivity contribution in [2.45, 2.75) is 57.7 Å². The SMILES string of the molecule is CC1(C)C(O)CC1NC1C=CCCC1. The van der Waals surface area contributed by atoms with Gasteiger partial charge in [0.25, 0.3) is 0 Å². The lowest BCUT2D eigenvalue weighted by Crippen LogP contribution is -2.61. The maximum atomic E-state index is 9.62. The van der Waals surface area contributed by atoms with E-state index in [0.29, 0.717) is 12.1 Å². The van der Waals surface area contributed by atoms with Gasteiger partial charge in [0.05, 0.1) is 6.10 Å². The topological polar surface area (TPSA) is 32.3 Å². The standard InChI is InChI=1S/C12H21NO/c1-12(2)10(8-11(12)14)13-9-6-4-3-5-7-9/h4,6,9-11,13-14H,3,5,7-8H2,1-2H3. The van der Waals surface area contributed by atoms with Gasteiger partial charge in [-0.15, -0.1) is 0 Å². The van der Waals surface area contributed by atoms with Crippen LogP contribution in [-0.4, -0.2) is 23.3 Å². The summed E-state index contributed by atoms with van der Waals surface area (Å²) in [5.41, 5.74) is 0.0608. The molecule has 0 spiro atoms. The predicted octanol–water partition coefficient (Wildman–Crippen LogP) is 1.84. The van der Waals surface area contributed by atoms with Crippen LogP contribution in [0.3, 0.4) is 0 Å². The Bertz CT molecular complexity index is 234. The Morgan fingerprint density at radius 3 is 2.71 bits per heavy atom. The summed E-state index contributed by atoms with van der Waals surface area (Å²) in [6.45, 7) is 4.29. The van der Waals surface area contributed by atoms with E-state index in [1.165, 1.54) is 19.3 Å². The summed E-state index contributed by atoms with van der Waals surface area (Å²) in [5, 5.41) is 13.2. The van der Waals surface area contributed by atoms with Crippen molar-refractivity contribution in [2.75, 3.05) is 0 Å². The second kappa shape index (κ2) is 3.67. The summed E-state index contributed by atoms with van der Waals surface area (Å²) in [4.78, 5) is 0. The lowest BCUT2D eigenvalue weighted by Gasteiger charge is -2.51. The first-order valence-corrected chi connectivity index (χ1v) is 5.71. The van der Waals surface area contributed by atoms with Gasteiger partial charge in [0.1, 0.15) is 0 Å². The predicted molar refractivity (Wildman–Crippen MR) is 58.1 cm³/mol. The lowest BCUT2D eigenvalue weighted by atomic mass is 9.64. The van der Waals surface area contributed by atoms with Gasteiger partial charge in [-0.1, -0.05) is 26.0 Å². The third kappa shape index (κ3) is 1.73. The van der Waals surface area contributed by atoms with Crippen molar-refractivity contribution >= 4 is 0 Å². The molecule has 3 unspecified atom stereocenters. The van der Waals surface area contributed by atoms with Gasteiger partial charge in [0.2, 0.25) is 0 Å². The molecule has 0 aromatic rings. The van der Waals surface area contributed by atoms with Crippen LogP contribution in [0.5, 0.6) is 0 Å². The van der Waals surface area contributed by atoms with Crippen LogP contribution in [0.4, 0.5) is 0 Å². The first-order valence-electron chi connectivity index (χ1n) is 5.71. The third-order valence-electron chi connectivity index (χ3n) is 3.89. The number of hydrogen-bond acceptors (Lipinski definition) is 2. The van der Waals surface area contributed by atoms with E-state index in [-0.39, 0.29) is 11.5 Å². The van der Waals surface area contributed by atoms with Crippen LogP contribution in [0, 0.1) is 5.41 Å². The van der Waals surface area contributed by atoms with E-state index in [1.54, 1.807) is 0 Å². The maximum Gasteiger partial charge on any atom is 0.0621 e. The number of rotatable bonds is 2. The molecule has 0 bridgehead atoms. The average Bonchev–Trinajstić information content (AvgIpc) is 2.19. The third-order valence-corrected chi connectivity index (χ3v) is 3.89. The highest BCUT2D eigenvalue weighted by molar-refractivity contribution is 5.06. The molecule has 1 saturated carbocycles. The molecule has 2 aliphatic carbocycles. The smallest absolute Gasteiger partial charge is 0.0621 e. The number of aliphatic hydroxyl groups is 1. The Labute approximate surface area is 86.4 Å². The molecule has 0 aromatic heterocycles. The first-order chi connectivity index (χ1) is 6.60. The fourth-order valence-corrected chi connectivity index (χ4v) is 2.39. The monoisotopic (exact) mass is 195 g/mol. The Balaban J connectivity index is 1.87.